The molecule has 0 radical (unpaired) electrons. The Labute approximate surface area is 424 Å². The van der Waals surface area contributed by atoms with Crippen molar-refractivity contribution in [1.82, 2.24) is 0 Å². The second-order valence-corrected chi connectivity index (χ2v) is 17.8. The summed E-state index contributed by atoms with van der Waals surface area (Å²) in [6.07, 6.45) is 79.0. The Balaban J connectivity index is 4.45. The van der Waals surface area contributed by atoms with Gasteiger partial charge in [-0.25, -0.2) is 0 Å². The molecule has 69 heavy (non-hydrogen) atoms. The predicted molar refractivity (Wildman–Crippen MR) is 297 cm³/mol. The van der Waals surface area contributed by atoms with Crippen LogP contribution in [0.5, 0.6) is 0 Å². The molecule has 0 aliphatic carbocycles. The fraction of sp³-hybridized carbons (Fsp3) is 0.603. The maximum absolute atomic E-state index is 12.8. The van der Waals surface area contributed by atoms with Gasteiger partial charge in [0.05, 0.1) is 6.42 Å². The molecule has 0 aromatic rings. The van der Waals surface area contributed by atoms with Crippen molar-refractivity contribution < 1.29 is 28.6 Å². The molecular formula is C63H100O6. The quantitative estimate of drug-likeness (QED) is 0.0262. The molecule has 0 bridgehead atoms. The van der Waals surface area contributed by atoms with Crippen LogP contribution in [0.15, 0.2) is 134 Å². The molecule has 6 heteroatoms. The van der Waals surface area contributed by atoms with Crippen molar-refractivity contribution in [1.29, 1.82) is 0 Å². The molecular weight excluding hydrogens is 853 g/mol. The summed E-state index contributed by atoms with van der Waals surface area (Å²) >= 11 is 0. The van der Waals surface area contributed by atoms with Gasteiger partial charge < -0.3 is 14.2 Å². The Morgan fingerprint density at radius 2 is 0.609 bits per heavy atom. The molecule has 388 valence electrons. The van der Waals surface area contributed by atoms with Crippen LogP contribution < -0.4 is 0 Å². The highest BCUT2D eigenvalue weighted by molar-refractivity contribution is 5.72. The second kappa shape index (κ2) is 56.1. The highest BCUT2D eigenvalue weighted by Gasteiger charge is 2.19. The van der Waals surface area contributed by atoms with Crippen molar-refractivity contribution in [2.45, 2.75) is 232 Å². The van der Waals surface area contributed by atoms with Crippen molar-refractivity contribution in [2.24, 2.45) is 0 Å². The van der Waals surface area contributed by atoms with Gasteiger partial charge in [0.15, 0.2) is 6.10 Å². The van der Waals surface area contributed by atoms with E-state index in [1.165, 1.54) is 64.2 Å². The van der Waals surface area contributed by atoms with Gasteiger partial charge in [-0.2, -0.15) is 0 Å². The van der Waals surface area contributed by atoms with E-state index in [-0.39, 0.29) is 31.6 Å². The lowest BCUT2D eigenvalue weighted by Gasteiger charge is -2.18. The number of esters is 3. The van der Waals surface area contributed by atoms with Gasteiger partial charge in [0.1, 0.15) is 13.2 Å². The van der Waals surface area contributed by atoms with Gasteiger partial charge in [0.2, 0.25) is 0 Å². The zero-order valence-electron chi connectivity index (χ0n) is 44.3. The molecule has 0 spiro atoms. The number of rotatable bonds is 48. The summed E-state index contributed by atoms with van der Waals surface area (Å²) in [6.45, 7) is 6.29. The van der Waals surface area contributed by atoms with E-state index in [9.17, 15) is 14.4 Å². The van der Waals surface area contributed by atoms with Crippen LogP contribution in [0.1, 0.15) is 226 Å². The van der Waals surface area contributed by atoms with E-state index in [0.29, 0.717) is 19.3 Å². The van der Waals surface area contributed by atoms with Crippen LogP contribution in [0, 0.1) is 0 Å². The third kappa shape index (κ3) is 54.4. The average molecular weight is 953 g/mol. The van der Waals surface area contributed by atoms with Crippen molar-refractivity contribution in [3.63, 3.8) is 0 Å². The van der Waals surface area contributed by atoms with Crippen LogP contribution in [0.2, 0.25) is 0 Å². The van der Waals surface area contributed by atoms with Gasteiger partial charge >= 0.3 is 17.9 Å². The molecule has 0 N–H and O–H groups in total. The molecule has 0 saturated carbocycles. The first kappa shape index (κ1) is 64.5. The molecule has 6 nitrogen and oxygen atoms in total. The largest absolute Gasteiger partial charge is 0.462 e. The lowest BCUT2D eigenvalue weighted by molar-refractivity contribution is -0.166. The SMILES string of the molecule is CC/C=C\C/C=C\C/C=C\C/C=C\C/C=C\C/C=C\CCCCCCCCC(=O)OCC(COC(=O)CCCCCCCCCCCCC)OC(=O)C/C=C\C/C=C\C/C=C\C/C=C\C/C=C\CC. The Bertz CT molecular complexity index is 1510. The summed E-state index contributed by atoms with van der Waals surface area (Å²) in [7, 11) is 0. The van der Waals surface area contributed by atoms with E-state index < -0.39 is 12.1 Å². The Hall–Kier alpha value is -4.45. The number of unbranched alkanes of at least 4 members (excludes halogenated alkanes) is 16. The van der Waals surface area contributed by atoms with Crippen molar-refractivity contribution in [3.05, 3.63) is 134 Å². The number of hydrogen-bond acceptors (Lipinski definition) is 6. The van der Waals surface area contributed by atoms with Crippen LogP contribution in [0.3, 0.4) is 0 Å². The summed E-state index contributed by atoms with van der Waals surface area (Å²) in [5.41, 5.74) is 0. The average Bonchev–Trinajstić information content (AvgIpc) is 3.35. The monoisotopic (exact) mass is 953 g/mol. The van der Waals surface area contributed by atoms with Gasteiger partial charge in [-0.3, -0.25) is 14.4 Å². The molecule has 0 rings (SSSR count). The standard InChI is InChI=1S/C63H100O6/c1-4-7-10-13-16-19-22-24-26-27-28-29-30-31-32-33-34-35-37-38-41-44-47-50-53-56-62(65)68-59-60(58-67-61(64)55-52-49-46-43-40-21-18-15-12-9-6-3)69-63(66)57-54-51-48-45-42-39-36-25-23-20-17-14-11-8-5-2/h7-8,10-11,16-17,19-20,24-26,28-29,31-32,34-36,42,45,51,54,60H,4-6,9,12-15,18,21-23,27,30,33,37-41,43-44,46-50,52-53,55-59H2,1-3H3/b10-7-,11-8-,19-16-,20-17-,26-24-,29-28-,32-31-,35-34-,36-25-,45-42-,54-51-. The lowest BCUT2D eigenvalue weighted by atomic mass is 10.1. The molecule has 0 aromatic heterocycles. The van der Waals surface area contributed by atoms with E-state index in [1.807, 2.05) is 6.08 Å². The molecule has 0 saturated heterocycles. The topological polar surface area (TPSA) is 78.9 Å². The summed E-state index contributed by atoms with van der Waals surface area (Å²) in [5, 5.41) is 0. The third-order valence-electron chi connectivity index (χ3n) is 11.2. The van der Waals surface area contributed by atoms with Crippen LogP contribution in [0.25, 0.3) is 0 Å². The molecule has 0 amide bonds. The second-order valence-electron chi connectivity index (χ2n) is 17.8. The minimum atomic E-state index is -0.841. The number of allylic oxidation sites excluding steroid dienone is 21. The number of ether oxygens (including phenoxy) is 3. The Morgan fingerprint density at radius 3 is 0.957 bits per heavy atom. The zero-order chi connectivity index (χ0) is 50.0. The summed E-state index contributed by atoms with van der Waals surface area (Å²) in [5.74, 6) is -1.08. The van der Waals surface area contributed by atoms with Gasteiger partial charge in [0.25, 0.3) is 0 Å². The smallest absolute Gasteiger partial charge is 0.310 e. The van der Waals surface area contributed by atoms with E-state index >= 15 is 0 Å². The first-order chi connectivity index (χ1) is 34.0. The first-order valence-corrected chi connectivity index (χ1v) is 27.7. The molecule has 0 aromatic carbocycles. The van der Waals surface area contributed by atoms with Gasteiger partial charge in [-0.1, -0.05) is 244 Å². The van der Waals surface area contributed by atoms with E-state index in [2.05, 4.69) is 142 Å². The number of hydrogen-bond donors (Lipinski definition) is 0. The first-order valence-electron chi connectivity index (χ1n) is 27.7. The molecule has 1 unspecified atom stereocenters. The minimum absolute atomic E-state index is 0.0893. The minimum Gasteiger partial charge on any atom is -0.462 e. The van der Waals surface area contributed by atoms with Crippen LogP contribution in [0.4, 0.5) is 0 Å². The molecule has 1 atom stereocenters. The van der Waals surface area contributed by atoms with Crippen LogP contribution in [-0.2, 0) is 28.6 Å². The molecule has 0 aliphatic heterocycles. The van der Waals surface area contributed by atoms with Gasteiger partial charge in [0, 0.05) is 12.8 Å². The van der Waals surface area contributed by atoms with E-state index in [4.69, 9.17) is 14.2 Å². The van der Waals surface area contributed by atoms with Crippen molar-refractivity contribution >= 4 is 17.9 Å². The van der Waals surface area contributed by atoms with Gasteiger partial charge in [-0.15, -0.1) is 0 Å². The fourth-order valence-corrected chi connectivity index (χ4v) is 7.11. The Kier molecular flexibility index (Phi) is 52.5. The maximum atomic E-state index is 12.8. The predicted octanol–water partition coefficient (Wildman–Crippen LogP) is 18.6. The summed E-state index contributed by atoms with van der Waals surface area (Å²) in [4.78, 5) is 38.0. The van der Waals surface area contributed by atoms with Gasteiger partial charge in [-0.05, 0) is 96.3 Å². The summed E-state index contributed by atoms with van der Waals surface area (Å²) in [6, 6.07) is 0. The van der Waals surface area contributed by atoms with Crippen molar-refractivity contribution in [2.75, 3.05) is 13.2 Å². The maximum Gasteiger partial charge on any atom is 0.310 e. The Morgan fingerprint density at radius 1 is 0.319 bits per heavy atom. The van der Waals surface area contributed by atoms with E-state index in [1.54, 1.807) is 6.08 Å². The highest BCUT2D eigenvalue weighted by atomic mass is 16.6. The summed E-state index contributed by atoms with van der Waals surface area (Å²) < 4.78 is 16.7. The van der Waals surface area contributed by atoms with Crippen LogP contribution >= 0.6 is 0 Å². The molecule has 0 fully saturated rings. The molecule has 0 heterocycles. The highest BCUT2D eigenvalue weighted by Crippen LogP contribution is 2.14. The number of carbonyl (C=O) groups excluding carboxylic acids is 3. The normalized spacial score (nSPS) is 13.1. The zero-order valence-corrected chi connectivity index (χ0v) is 44.3. The molecule has 0 aliphatic rings. The van der Waals surface area contributed by atoms with E-state index in [0.717, 1.165) is 116 Å². The lowest BCUT2D eigenvalue weighted by Crippen LogP contribution is -2.30. The third-order valence-corrected chi connectivity index (χ3v) is 11.2. The fourth-order valence-electron chi connectivity index (χ4n) is 7.11. The van der Waals surface area contributed by atoms with Crippen molar-refractivity contribution in [3.8, 4) is 0 Å². The number of carbonyl (C=O) groups is 3. The van der Waals surface area contributed by atoms with Crippen LogP contribution in [-0.4, -0.2) is 37.2 Å².